The molecule has 1 unspecified atom stereocenters. The third-order valence-corrected chi connectivity index (χ3v) is 7.00. The number of nitrogens with one attached hydrogen (secondary N) is 1. The average Bonchev–Trinajstić information content (AvgIpc) is 3.06. The lowest BCUT2D eigenvalue weighted by molar-refractivity contribution is -0.135. The van der Waals surface area contributed by atoms with Crippen LogP contribution in [0.5, 0.6) is 0 Å². The Bertz CT molecular complexity index is 867. The Morgan fingerprint density at radius 3 is 2.64 bits per heavy atom. The maximum absolute atomic E-state index is 12.5. The molecule has 7 heteroatoms. The third-order valence-electron chi connectivity index (χ3n) is 5.54. The molecule has 1 atom stereocenters. The number of allylic oxidation sites excluding steroid dienone is 1. The van der Waals surface area contributed by atoms with Crippen LogP contribution in [0.1, 0.15) is 24.8 Å². The summed E-state index contributed by atoms with van der Waals surface area (Å²) in [4.78, 5) is 26.8. The molecule has 3 aliphatic heterocycles. The van der Waals surface area contributed by atoms with Crippen molar-refractivity contribution in [3.05, 3.63) is 41.3 Å². The Morgan fingerprint density at radius 2 is 1.96 bits per heavy atom. The van der Waals surface area contributed by atoms with E-state index in [9.17, 15) is 18.0 Å². The Kier molecular flexibility index (Phi) is 3.72. The van der Waals surface area contributed by atoms with E-state index in [-0.39, 0.29) is 29.9 Å². The summed E-state index contributed by atoms with van der Waals surface area (Å²) in [6.07, 6.45) is 3.02. The van der Waals surface area contributed by atoms with E-state index in [1.165, 1.54) is 5.41 Å². The molecule has 3 aliphatic rings. The minimum Gasteiger partial charge on any atom is -0.343 e. The normalized spacial score (nSPS) is 25.8. The van der Waals surface area contributed by atoms with Gasteiger partial charge in [0.2, 0.25) is 11.8 Å². The lowest BCUT2D eigenvalue weighted by atomic mass is 9.73. The second-order valence-electron chi connectivity index (χ2n) is 7.08. The van der Waals surface area contributed by atoms with Crippen LogP contribution in [0.3, 0.4) is 0 Å². The third kappa shape index (κ3) is 2.76. The summed E-state index contributed by atoms with van der Waals surface area (Å²) < 4.78 is 22.9. The highest BCUT2D eigenvalue weighted by atomic mass is 32.2. The quantitative estimate of drug-likeness (QED) is 0.865. The number of hydrogen-bond donors (Lipinski definition) is 1. The lowest BCUT2D eigenvalue weighted by Crippen LogP contribution is -2.48. The zero-order valence-corrected chi connectivity index (χ0v) is 14.6. The highest BCUT2D eigenvalue weighted by Gasteiger charge is 2.48. The first kappa shape index (κ1) is 16.3. The molecule has 0 saturated carbocycles. The number of para-hydroxylation sites is 1. The van der Waals surface area contributed by atoms with Crippen molar-refractivity contribution in [1.29, 1.82) is 0 Å². The number of fused-ring (bicyclic) bond motifs is 2. The molecule has 2 amide bonds. The van der Waals surface area contributed by atoms with Crippen molar-refractivity contribution in [1.82, 2.24) is 4.90 Å². The van der Waals surface area contributed by atoms with Crippen LogP contribution in [0.4, 0.5) is 5.69 Å². The fourth-order valence-electron chi connectivity index (χ4n) is 4.13. The second kappa shape index (κ2) is 5.69. The van der Waals surface area contributed by atoms with Crippen LogP contribution < -0.4 is 5.32 Å². The van der Waals surface area contributed by atoms with Gasteiger partial charge in [-0.15, -0.1) is 0 Å². The minimum absolute atomic E-state index is 0.0191. The topological polar surface area (TPSA) is 83.6 Å². The van der Waals surface area contributed by atoms with Crippen molar-refractivity contribution in [3.8, 4) is 0 Å². The molecule has 0 aromatic heterocycles. The Hall–Kier alpha value is -2.15. The van der Waals surface area contributed by atoms with Gasteiger partial charge in [0.25, 0.3) is 0 Å². The number of likely N-dealkylation sites (tertiary alicyclic amines) is 1. The first-order valence-corrected chi connectivity index (χ1v) is 10.2. The van der Waals surface area contributed by atoms with E-state index in [1.807, 2.05) is 24.3 Å². The summed E-state index contributed by atoms with van der Waals surface area (Å²) in [5.74, 6) is -0.227. The predicted octanol–water partition coefficient (Wildman–Crippen LogP) is 1.45. The number of carbonyl (C=O) groups is 2. The van der Waals surface area contributed by atoms with Gasteiger partial charge in [-0.3, -0.25) is 9.59 Å². The highest BCUT2D eigenvalue weighted by Crippen LogP contribution is 2.44. The average molecular weight is 360 g/mol. The summed E-state index contributed by atoms with van der Waals surface area (Å²) in [5, 5.41) is 4.16. The van der Waals surface area contributed by atoms with E-state index in [1.54, 1.807) is 11.0 Å². The minimum atomic E-state index is -3.13. The molecule has 0 bridgehead atoms. The zero-order chi connectivity index (χ0) is 17.7. The van der Waals surface area contributed by atoms with Gasteiger partial charge in [0, 0.05) is 36.5 Å². The lowest BCUT2D eigenvalue weighted by Gasteiger charge is -2.38. The van der Waals surface area contributed by atoms with Crippen molar-refractivity contribution in [2.45, 2.75) is 24.7 Å². The molecule has 1 saturated heterocycles. The summed E-state index contributed by atoms with van der Waals surface area (Å²) in [6, 6.07) is 7.73. The SMILES string of the molecule is O=C(CC1C=CS(=O)(=O)C1)N1CCC2(CC1)C(=O)Nc1ccccc12. The molecule has 25 heavy (non-hydrogen) atoms. The molecule has 1 aromatic rings. The van der Waals surface area contributed by atoms with Gasteiger partial charge in [-0.25, -0.2) is 8.42 Å². The number of amides is 2. The van der Waals surface area contributed by atoms with E-state index in [0.717, 1.165) is 11.3 Å². The number of hydrogen-bond acceptors (Lipinski definition) is 4. The molecule has 3 heterocycles. The maximum Gasteiger partial charge on any atom is 0.235 e. The molecule has 1 spiro atoms. The van der Waals surface area contributed by atoms with E-state index in [0.29, 0.717) is 25.9 Å². The molecular formula is C18H20N2O4S. The van der Waals surface area contributed by atoms with Crippen LogP contribution in [0.25, 0.3) is 0 Å². The molecule has 1 N–H and O–H groups in total. The number of anilines is 1. The molecule has 132 valence electrons. The number of benzene rings is 1. The smallest absolute Gasteiger partial charge is 0.235 e. The van der Waals surface area contributed by atoms with E-state index >= 15 is 0 Å². The first-order chi connectivity index (χ1) is 11.9. The number of carbonyl (C=O) groups excluding carboxylic acids is 2. The molecule has 4 rings (SSSR count). The number of nitrogens with zero attached hydrogens (tertiary/aromatic N) is 1. The first-order valence-electron chi connectivity index (χ1n) is 8.49. The maximum atomic E-state index is 12.5. The van der Waals surface area contributed by atoms with Crippen molar-refractivity contribution in [2.24, 2.45) is 5.92 Å². The number of piperidine rings is 1. The van der Waals surface area contributed by atoms with Crippen LogP contribution in [-0.2, 0) is 24.8 Å². The summed E-state index contributed by atoms with van der Waals surface area (Å²) >= 11 is 0. The van der Waals surface area contributed by atoms with Gasteiger partial charge >= 0.3 is 0 Å². The van der Waals surface area contributed by atoms with Crippen LogP contribution in [-0.4, -0.2) is 44.0 Å². The zero-order valence-electron chi connectivity index (χ0n) is 13.8. The summed E-state index contributed by atoms with van der Waals surface area (Å²) in [5.41, 5.74) is 1.36. The van der Waals surface area contributed by atoms with Gasteiger partial charge in [0.15, 0.2) is 9.84 Å². The predicted molar refractivity (Wildman–Crippen MR) is 93.6 cm³/mol. The molecule has 6 nitrogen and oxygen atoms in total. The van der Waals surface area contributed by atoms with Crippen molar-refractivity contribution >= 4 is 27.3 Å². The molecule has 1 fully saturated rings. The van der Waals surface area contributed by atoms with Crippen molar-refractivity contribution < 1.29 is 18.0 Å². The van der Waals surface area contributed by atoms with Gasteiger partial charge < -0.3 is 10.2 Å². The Morgan fingerprint density at radius 1 is 1.24 bits per heavy atom. The van der Waals surface area contributed by atoms with E-state index in [2.05, 4.69) is 5.32 Å². The summed E-state index contributed by atoms with van der Waals surface area (Å²) in [7, 11) is -3.13. The van der Waals surface area contributed by atoms with Crippen molar-refractivity contribution in [3.63, 3.8) is 0 Å². The second-order valence-corrected chi connectivity index (χ2v) is 9.02. The van der Waals surface area contributed by atoms with E-state index < -0.39 is 15.3 Å². The summed E-state index contributed by atoms with van der Waals surface area (Å²) in [6.45, 7) is 1.04. The fourth-order valence-corrected chi connectivity index (χ4v) is 5.53. The van der Waals surface area contributed by atoms with Crippen molar-refractivity contribution in [2.75, 3.05) is 24.2 Å². The van der Waals surface area contributed by atoms with Gasteiger partial charge in [0.05, 0.1) is 11.2 Å². The highest BCUT2D eigenvalue weighted by molar-refractivity contribution is 7.94. The van der Waals surface area contributed by atoms with Crippen LogP contribution in [0.2, 0.25) is 0 Å². The van der Waals surface area contributed by atoms with Crippen LogP contribution >= 0.6 is 0 Å². The fraction of sp³-hybridized carbons (Fsp3) is 0.444. The number of sulfone groups is 1. The van der Waals surface area contributed by atoms with Gasteiger partial charge in [0.1, 0.15) is 0 Å². The van der Waals surface area contributed by atoms with Gasteiger partial charge in [-0.1, -0.05) is 24.3 Å². The van der Waals surface area contributed by atoms with Crippen LogP contribution in [0, 0.1) is 5.92 Å². The molecule has 0 radical (unpaired) electrons. The Labute approximate surface area is 146 Å². The molecule has 1 aromatic carbocycles. The number of rotatable bonds is 2. The largest absolute Gasteiger partial charge is 0.343 e. The Balaban J connectivity index is 1.43. The molecule has 0 aliphatic carbocycles. The van der Waals surface area contributed by atoms with Gasteiger partial charge in [-0.2, -0.15) is 0 Å². The standard InChI is InChI=1S/C18H20N2O4S/c21-16(11-13-5-10-25(23,24)12-13)20-8-6-18(7-9-20)14-3-1-2-4-15(14)19-17(18)22/h1-5,10,13H,6-9,11-12H2,(H,19,22). The van der Waals surface area contributed by atoms with Gasteiger partial charge in [-0.05, 0) is 24.5 Å². The molecular weight excluding hydrogens is 340 g/mol. The monoisotopic (exact) mass is 360 g/mol. The van der Waals surface area contributed by atoms with Crippen LogP contribution in [0.15, 0.2) is 35.7 Å². The van der Waals surface area contributed by atoms with E-state index in [4.69, 9.17) is 0 Å².